The van der Waals surface area contributed by atoms with E-state index in [9.17, 15) is 4.79 Å². The lowest BCUT2D eigenvalue weighted by Crippen LogP contribution is -2.36. The number of hydrogen-bond acceptors (Lipinski definition) is 4. The number of rotatable bonds is 8. The molecule has 1 aliphatic carbocycles. The van der Waals surface area contributed by atoms with E-state index >= 15 is 0 Å². The number of aromatic nitrogens is 3. The highest BCUT2D eigenvalue weighted by Gasteiger charge is 2.29. The van der Waals surface area contributed by atoms with E-state index < -0.39 is 0 Å². The van der Waals surface area contributed by atoms with Gasteiger partial charge in [-0.2, -0.15) is 5.10 Å². The predicted molar refractivity (Wildman–Crippen MR) is 111 cm³/mol. The molecule has 0 aromatic carbocycles. The van der Waals surface area contributed by atoms with Gasteiger partial charge in [0.2, 0.25) is 0 Å². The van der Waals surface area contributed by atoms with Gasteiger partial charge < -0.3 is 10.2 Å². The number of hydrogen-bond donors (Lipinski definition) is 1. The molecule has 152 valence electrons. The van der Waals surface area contributed by atoms with Crippen molar-refractivity contribution >= 4 is 5.91 Å². The largest absolute Gasteiger partial charge is 0.343 e. The van der Waals surface area contributed by atoms with E-state index in [-0.39, 0.29) is 5.91 Å². The monoisotopic (exact) mass is 383 g/mol. The van der Waals surface area contributed by atoms with Gasteiger partial charge >= 0.3 is 0 Å². The van der Waals surface area contributed by atoms with Gasteiger partial charge in [-0.15, -0.1) is 0 Å². The molecule has 1 atom stereocenters. The third kappa shape index (κ3) is 4.98. The normalized spacial score (nSPS) is 16.2. The maximum atomic E-state index is 12.7. The van der Waals surface area contributed by atoms with Crippen molar-refractivity contribution in [1.29, 1.82) is 0 Å². The van der Waals surface area contributed by atoms with Gasteiger partial charge in [-0.1, -0.05) is 13.8 Å². The summed E-state index contributed by atoms with van der Waals surface area (Å²) in [6, 6.07) is 4.57. The maximum absolute atomic E-state index is 12.7. The van der Waals surface area contributed by atoms with Crippen LogP contribution in [0.15, 0.2) is 24.5 Å². The second-order valence-electron chi connectivity index (χ2n) is 8.40. The summed E-state index contributed by atoms with van der Waals surface area (Å²) in [5, 5.41) is 8.42. The number of aryl methyl sites for hydroxylation is 1. The van der Waals surface area contributed by atoms with E-state index in [1.54, 1.807) is 19.0 Å². The first kappa shape index (κ1) is 20.5. The summed E-state index contributed by atoms with van der Waals surface area (Å²) in [6.45, 7) is 6.24. The zero-order chi connectivity index (χ0) is 20.1. The number of pyridine rings is 1. The fourth-order valence-corrected chi connectivity index (χ4v) is 3.89. The first-order chi connectivity index (χ1) is 13.5. The number of nitrogens with zero attached hydrogens (tertiary/aromatic N) is 4. The molecule has 28 heavy (non-hydrogen) atoms. The summed E-state index contributed by atoms with van der Waals surface area (Å²) in [6.07, 6.45) is 8.83. The molecular formula is C22H33N5O. The fourth-order valence-electron chi connectivity index (χ4n) is 3.89. The number of nitrogens with one attached hydrogen (secondary N) is 1. The van der Waals surface area contributed by atoms with Gasteiger partial charge in [0.15, 0.2) is 5.69 Å². The van der Waals surface area contributed by atoms with Crippen LogP contribution in [0, 0.1) is 5.92 Å². The van der Waals surface area contributed by atoms with Crippen LogP contribution in [-0.2, 0) is 25.8 Å². The third-order valence-electron chi connectivity index (χ3n) is 5.32. The van der Waals surface area contributed by atoms with Crippen molar-refractivity contribution in [3.63, 3.8) is 0 Å². The van der Waals surface area contributed by atoms with Crippen LogP contribution in [0.5, 0.6) is 0 Å². The molecule has 0 saturated carbocycles. The van der Waals surface area contributed by atoms with Crippen molar-refractivity contribution in [2.24, 2.45) is 5.92 Å². The molecule has 0 bridgehead atoms. The van der Waals surface area contributed by atoms with Crippen molar-refractivity contribution in [3.8, 4) is 0 Å². The Morgan fingerprint density at radius 2 is 2.07 bits per heavy atom. The zero-order valence-electron chi connectivity index (χ0n) is 17.6. The molecular weight excluding hydrogens is 350 g/mol. The molecule has 1 unspecified atom stereocenters. The smallest absolute Gasteiger partial charge is 0.274 e. The molecule has 0 saturated heterocycles. The van der Waals surface area contributed by atoms with Crippen LogP contribution in [0.1, 0.15) is 54.0 Å². The van der Waals surface area contributed by atoms with Crippen molar-refractivity contribution in [3.05, 3.63) is 47.0 Å². The van der Waals surface area contributed by atoms with Crippen LogP contribution in [-0.4, -0.2) is 52.3 Å². The molecule has 1 N–H and O–H groups in total. The van der Waals surface area contributed by atoms with Gasteiger partial charge in [-0.25, -0.2) is 0 Å². The highest BCUT2D eigenvalue weighted by Crippen LogP contribution is 2.26. The fraction of sp³-hybridized carbons (Fsp3) is 0.591. The quantitative estimate of drug-likeness (QED) is 0.712. The van der Waals surface area contributed by atoms with Crippen LogP contribution < -0.4 is 5.32 Å². The molecule has 2 aromatic heterocycles. The molecule has 0 spiro atoms. The summed E-state index contributed by atoms with van der Waals surface area (Å²) in [5.74, 6) is 0.521. The standard InChI is InChI=1S/C22H33N5O/c1-16(2)15-27-20-8-7-18(14-19(20)21(25-27)22(28)26(3)4)24-11-5-6-17-9-12-23-13-10-17/h9-10,12-13,16,18,24H,5-8,11,14-15H2,1-4H3. The second kappa shape index (κ2) is 9.32. The van der Waals surface area contributed by atoms with Crippen LogP contribution >= 0.6 is 0 Å². The first-order valence-corrected chi connectivity index (χ1v) is 10.4. The summed E-state index contributed by atoms with van der Waals surface area (Å²) >= 11 is 0. The highest BCUT2D eigenvalue weighted by atomic mass is 16.2. The van der Waals surface area contributed by atoms with Gasteiger partial charge in [0.05, 0.1) is 0 Å². The summed E-state index contributed by atoms with van der Waals surface area (Å²) in [5.41, 5.74) is 4.38. The minimum absolute atomic E-state index is 0.0112. The summed E-state index contributed by atoms with van der Waals surface area (Å²) < 4.78 is 2.08. The average Bonchev–Trinajstić information content (AvgIpc) is 3.02. The number of carbonyl (C=O) groups is 1. The number of fused-ring (bicyclic) bond motifs is 1. The van der Waals surface area contributed by atoms with Crippen LogP contribution in [0.25, 0.3) is 0 Å². The molecule has 0 aliphatic heterocycles. The third-order valence-corrected chi connectivity index (χ3v) is 5.32. The Balaban J connectivity index is 1.63. The van der Waals surface area contributed by atoms with Crippen molar-refractivity contribution in [1.82, 2.24) is 25.0 Å². The van der Waals surface area contributed by atoms with Crippen molar-refractivity contribution in [2.75, 3.05) is 20.6 Å². The van der Waals surface area contributed by atoms with E-state index in [0.717, 1.165) is 50.8 Å². The van der Waals surface area contributed by atoms with E-state index in [1.807, 2.05) is 12.4 Å². The molecule has 6 nitrogen and oxygen atoms in total. The Morgan fingerprint density at radius 3 is 2.75 bits per heavy atom. The summed E-state index contributed by atoms with van der Waals surface area (Å²) in [7, 11) is 3.60. The Bertz CT molecular complexity index is 782. The topological polar surface area (TPSA) is 63.1 Å². The van der Waals surface area contributed by atoms with E-state index in [1.165, 1.54) is 11.3 Å². The molecule has 0 fully saturated rings. The lowest BCUT2D eigenvalue weighted by Gasteiger charge is -2.25. The minimum Gasteiger partial charge on any atom is -0.343 e. The van der Waals surface area contributed by atoms with Gasteiger partial charge in [0, 0.05) is 50.3 Å². The lowest BCUT2D eigenvalue weighted by molar-refractivity contribution is 0.0819. The number of carbonyl (C=O) groups excluding carboxylic acids is 1. The average molecular weight is 384 g/mol. The van der Waals surface area contributed by atoms with Crippen LogP contribution in [0.2, 0.25) is 0 Å². The van der Waals surface area contributed by atoms with Crippen molar-refractivity contribution < 1.29 is 4.79 Å². The first-order valence-electron chi connectivity index (χ1n) is 10.4. The van der Waals surface area contributed by atoms with E-state index in [4.69, 9.17) is 5.10 Å². The summed E-state index contributed by atoms with van der Waals surface area (Å²) in [4.78, 5) is 18.4. The second-order valence-corrected chi connectivity index (χ2v) is 8.40. The van der Waals surface area contributed by atoms with E-state index in [0.29, 0.717) is 17.7 Å². The van der Waals surface area contributed by atoms with Crippen LogP contribution in [0.4, 0.5) is 0 Å². The van der Waals surface area contributed by atoms with Gasteiger partial charge in [0.25, 0.3) is 5.91 Å². The van der Waals surface area contributed by atoms with E-state index in [2.05, 4.69) is 41.0 Å². The predicted octanol–water partition coefficient (Wildman–Crippen LogP) is 2.72. The zero-order valence-corrected chi connectivity index (χ0v) is 17.6. The Morgan fingerprint density at radius 1 is 1.32 bits per heavy atom. The maximum Gasteiger partial charge on any atom is 0.274 e. The van der Waals surface area contributed by atoms with Crippen LogP contribution in [0.3, 0.4) is 0 Å². The molecule has 1 amide bonds. The Labute approximate surface area is 168 Å². The SMILES string of the molecule is CC(C)Cn1nc(C(=O)N(C)C)c2c1CCC(NCCCc1ccncc1)C2. The molecule has 2 heterocycles. The lowest BCUT2D eigenvalue weighted by atomic mass is 9.91. The molecule has 2 aromatic rings. The van der Waals surface area contributed by atoms with Gasteiger partial charge in [-0.3, -0.25) is 14.5 Å². The highest BCUT2D eigenvalue weighted by molar-refractivity contribution is 5.93. The molecule has 0 radical (unpaired) electrons. The number of amides is 1. The Kier molecular flexibility index (Phi) is 6.83. The molecule has 6 heteroatoms. The van der Waals surface area contributed by atoms with Gasteiger partial charge in [0.1, 0.15) is 0 Å². The van der Waals surface area contributed by atoms with Gasteiger partial charge in [-0.05, 0) is 62.3 Å². The molecule has 3 rings (SSSR count). The van der Waals surface area contributed by atoms with Crippen molar-refractivity contribution in [2.45, 2.75) is 58.5 Å². The minimum atomic E-state index is 0.0112. The Hall–Kier alpha value is -2.21. The molecule has 1 aliphatic rings.